The molecule has 1 saturated carbocycles. The van der Waals surface area contributed by atoms with E-state index in [0.29, 0.717) is 42.5 Å². The fourth-order valence-corrected chi connectivity index (χ4v) is 8.36. The van der Waals surface area contributed by atoms with Gasteiger partial charge in [0.15, 0.2) is 0 Å². The van der Waals surface area contributed by atoms with Gasteiger partial charge in [0.1, 0.15) is 12.1 Å². The van der Waals surface area contributed by atoms with Gasteiger partial charge in [-0.2, -0.15) is 13.9 Å². The van der Waals surface area contributed by atoms with Crippen LogP contribution in [0.25, 0.3) is 10.1 Å². The number of hydrogen-bond acceptors (Lipinski definition) is 6. The number of nitrogens with one attached hydrogen (secondary N) is 2. The number of carbonyl (C=O) groups excluding carboxylic acids is 3. The number of rotatable bonds is 6. The number of benzene rings is 1. The summed E-state index contributed by atoms with van der Waals surface area (Å²) in [6, 6.07) is 3.13. The third-order valence-electron chi connectivity index (χ3n) is 9.47. The minimum atomic E-state index is -5.74. The molecule has 1 aliphatic carbocycles. The second-order valence-corrected chi connectivity index (χ2v) is 14.9. The van der Waals surface area contributed by atoms with Crippen molar-refractivity contribution in [1.82, 2.24) is 25.3 Å². The number of hydrogen-bond donors (Lipinski definition) is 4. The Labute approximate surface area is 248 Å². The molecule has 11 nitrogen and oxygen atoms in total. The Morgan fingerprint density at radius 1 is 1.12 bits per heavy atom. The van der Waals surface area contributed by atoms with Crippen LogP contribution in [-0.2, 0) is 19.8 Å². The van der Waals surface area contributed by atoms with Crippen LogP contribution in [0.4, 0.5) is 8.78 Å². The van der Waals surface area contributed by atoms with Gasteiger partial charge in [0, 0.05) is 41.5 Å². The fourth-order valence-electron chi connectivity index (χ4n) is 6.94. The largest absolute Gasteiger partial charge is 0.399 e. The Balaban J connectivity index is 1.08. The van der Waals surface area contributed by atoms with Crippen molar-refractivity contribution in [3.05, 3.63) is 52.7 Å². The maximum absolute atomic E-state index is 14.3. The zero-order chi connectivity index (χ0) is 30.3. The van der Waals surface area contributed by atoms with Crippen LogP contribution in [0, 0.1) is 11.8 Å². The second-order valence-electron chi connectivity index (χ2n) is 12.2. The fraction of sp³-hybridized carbons (Fsp3) is 0.500. The highest BCUT2D eigenvalue weighted by Gasteiger charge is 2.53. The third kappa shape index (κ3) is 4.98. The lowest BCUT2D eigenvalue weighted by atomic mass is 9.93. The van der Waals surface area contributed by atoms with Crippen molar-refractivity contribution in [2.75, 3.05) is 13.1 Å². The lowest BCUT2D eigenvalue weighted by Gasteiger charge is -2.43. The first-order valence-corrected chi connectivity index (χ1v) is 16.7. The van der Waals surface area contributed by atoms with Crippen molar-refractivity contribution in [2.24, 2.45) is 11.8 Å². The molecule has 3 saturated heterocycles. The first-order valence-electron chi connectivity index (χ1n) is 14.3. The van der Waals surface area contributed by atoms with Gasteiger partial charge >= 0.3 is 13.3 Å². The van der Waals surface area contributed by atoms with Crippen LogP contribution in [0.2, 0.25) is 0 Å². The Morgan fingerprint density at radius 2 is 1.88 bits per heavy atom. The number of amides is 3. The van der Waals surface area contributed by atoms with E-state index in [9.17, 15) is 27.7 Å². The predicted molar refractivity (Wildman–Crippen MR) is 151 cm³/mol. The molecule has 4 N–H and O–H groups in total. The van der Waals surface area contributed by atoms with E-state index in [0.717, 1.165) is 48.3 Å². The van der Waals surface area contributed by atoms with Gasteiger partial charge in [0.05, 0.1) is 11.1 Å². The molecule has 1 aromatic carbocycles. The van der Waals surface area contributed by atoms with Crippen LogP contribution in [-0.4, -0.2) is 78.7 Å². The number of H-pyrrole nitrogens is 1. The van der Waals surface area contributed by atoms with E-state index in [1.165, 1.54) is 12.1 Å². The molecule has 0 radical (unpaired) electrons. The number of likely N-dealkylation sites (tertiary alicyclic amines) is 1. The van der Waals surface area contributed by atoms with Gasteiger partial charge in [-0.1, -0.05) is 6.07 Å². The Bertz CT molecular complexity index is 1650. The monoisotopic (exact) mass is 633 g/mol. The van der Waals surface area contributed by atoms with Crippen LogP contribution in [0.3, 0.4) is 0 Å². The van der Waals surface area contributed by atoms with Crippen molar-refractivity contribution in [3.8, 4) is 0 Å². The van der Waals surface area contributed by atoms with Crippen LogP contribution in [0.5, 0.6) is 0 Å². The Hall–Kier alpha value is -3.19. The van der Waals surface area contributed by atoms with E-state index in [4.69, 9.17) is 9.79 Å². The van der Waals surface area contributed by atoms with Crippen LogP contribution in [0.15, 0.2) is 36.7 Å². The number of alkyl halides is 2. The number of thiophene rings is 1. The summed E-state index contributed by atoms with van der Waals surface area (Å²) >= 11 is 1.04. The van der Waals surface area contributed by atoms with Gasteiger partial charge in [-0.25, -0.2) is 0 Å². The Kier molecular flexibility index (Phi) is 6.77. The molecule has 3 aliphatic heterocycles. The molecule has 3 amide bonds. The van der Waals surface area contributed by atoms with Gasteiger partial charge in [0.2, 0.25) is 11.8 Å². The maximum atomic E-state index is 14.3. The summed E-state index contributed by atoms with van der Waals surface area (Å²) in [6.07, 6.45) is 7.20. The number of aromatic amines is 1. The quantitative estimate of drug-likeness (QED) is 0.304. The highest BCUT2D eigenvalue weighted by Crippen LogP contribution is 2.59. The number of aromatic nitrogens is 2. The summed E-state index contributed by atoms with van der Waals surface area (Å²) < 4.78 is 40.3. The maximum Gasteiger partial charge on any atom is 0.399 e. The molecular formula is C28H30F2N5O6PS. The topological polar surface area (TPSA) is 156 Å². The third-order valence-corrected chi connectivity index (χ3v) is 11.6. The normalized spacial score (nSPS) is 27.7. The first kappa shape index (κ1) is 28.6. The lowest BCUT2D eigenvalue weighted by Crippen LogP contribution is -2.59. The van der Waals surface area contributed by atoms with E-state index < -0.39 is 36.8 Å². The van der Waals surface area contributed by atoms with Crippen molar-refractivity contribution in [3.63, 3.8) is 0 Å². The van der Waals surface area contributed by atoms with Crippen LogP contribution >= 0.6 is 18.9 Å². The lowest BCUT2D eigenvalue weighted by molar-refractivity contribution is -0.149. The van der Waals surface area contributed by atoms with E-state index in [-0.39, 0.29) is 34.0 Å². The summed E-state index contributed by atoms with van der Waals surface area (Å²) in [7, 11) is -5.74. The number of halogens is 2. The molecule has 43 heavy (non-hydrogen) atoms. The van der Waals surface area contributed by atoms with Crippen molar-refractivity contribution in [1.29, 1.82) is 0 Å². The number of nitrogens with zero attached hydrogens (tertiary/aromatic N) is 3. The van der Waals surface area contributed by atoms with Crippen molar-refractivity contribution >= 4 is 46.7 Å². The molecular weight excluding hydrogens is 603 g/mol. The molecule has 7 rings (SSSR count). The average Bonchev–Trinajstić information content (AvgIpc) is 3.34. The minimum Gasteiger partial charge on any atom is -0.340 e. The van der Waals surface area contributed by atoms with Gasteiger partial charge < -0.3 is 24.9 Å². The van der Waals surface area contributed by atoms with Gasteiger partial charge in [-0.15, -0.1) is 11.3 Å². The van der Waals surface area contributed by atoms with Gasteiger partial charge in [0.25, 0.3) is 5.91 Å². The van der Waals surface area contributed by atoms with Crippen molar-refractivity contribution < 1.29 is 37.5 Å². The minimum absolute atomic E-state index is 0.0551. The number of carbonyl (C=O) groups is 3. The molecule has 228 valence electrons. The molecule has 5 heterocycles. The highest BCUT2D eigenvalue weighted by molar-refractivity contribution is 7.52. The SMILES string of the molecule is O=C(N[C@H]1C[C@@H]2C[C@@H]2C[C@H]2CC[C@@H](C(=O)N3CC(c4cn[nH]c4)C3)N2C1=O)c1cc2cc(C(F)(F)P(=O)(O)O)ccc2s1. The molecule has 3 aromatic rings. The molecule has 0 unspecified atom stereocenters. The molecule has 2 aromatic heterocycles. The van der Waals surface area contributed by atoms with Gasteiger partial charge in [-0.05, 0) is 73.1 Å². The van der Waals surface area contributed by atoms with Crippen molar-refractivity contribution in [2.45, 2.75) is 61.8 Å². The highest BCUT2D eigenvalue weighted by atomic mass is 32.1. The summed E-state index contributed by atoms with van der Waals surface area (Å²) in [4.78, 5) is 62.8. The second kappa shape index (κ2) is 10.2. The summed E-state index contributed by atoms with van der Waals surface area (Å²) in [5.74, 6) is 0.101. The van der Waals surface area contributed by atoms with E-state index in [1.54, 1.807) is 16.0 Å². The number of fused-ring (bicyclic) bond motifs is 3. The standard InChI is InChI=1S/C28H30F2N5O6PS/c29-28(30,42(39,40)41)19-1-4-23-16(6-19)9-24(43-23)25(36)33-21-8-15-5-14(15)7-20-2-3-22(35(20)26(21)37)27(38)34-12-18(13-34)17-10-31-32-11-17/h1,4,6,9-11,14-15,18,20-22H,2-3,5,7-8,12-13H2,(H,31,32)(H,33,36)(H2,39,40,41)/t14-,15+,20-,21+,22+/m1/s1. The summed E-state index contributed by atoms with van der Waals surface area (Å²) in [5, 5.41) is 9.88. The molecule has 0 spiro atoms. The van der Waals surface area contributed by atoms with E-state index in [2.05, 4.69) is 15.5 Å². The zero-order valence-electron chi connectivity index (χ0n) is 22.9. The van der Waals surface area contributed by atoms with E-state index in [1.807, 2.05) is 6.20 Å². The average molecular weight is 634 g/mol. The van der Waals surface area contributed by atoms with E-state index >= 15 is 0 Å². The zero-order valence-corrected chi connectivity index (χ0v) is 24.6. The van der Waals surface area contributed by atoms with Crippen LogP contribution < -0.4 is 5.32 Å². The predicted octanol–water partition coefficient (Wildman–Crippen LogP) is 3.37. The molecule has 4 aliphatic rings. The summed E-state index contributed by atoms with van der Waals surface area (Å²) in [6.45, 7) is 1.14. The van der Waals surface area contributed by atoms with Crippen LogP contribution in [0.1, 0.15) is 58.8 Å². The molecule has 5 atom stereocenters. The smallest absolute Gasteiger partial charge is 0.340 e. The van der Waals surface area contributed by atoms with Gasteiger partial charge in [-0.3, -0.25) is 24.0 Å². The first-order chi connectivity index (χ1) is 20.4. The Morgan fingerprint density at radius 3 is 2.60 bits per heavy atom. The molecule has 4 fully saturated rings. The molecule has 15 heteroatoms. The molecule has 0 bridgehead atoms. The summed E-state index contributed by atoms with van der Waals surface area (Å²) in [5.41, 5.74) is -4.16.